The van der Waals surface area contributed by atoms with Crippen LogP contribution in [-0.2, 0) is 6.18 Å². The van der Waals surface area contributed by atoms with Crippen molar-refractivity contribution < 1.29 is 22.7 Å². The summed E-state index contributed by atoms with van der Waals surface area (Å²) in [5, 5.41) is 9.17. The van der Waals surface area contributed by atoms with Gasteiger partial charge in [0.05, 0.1) is 11.7 Å². The van der Waals surface area contributed by atoms with Crippen LogP contribution in [-0.4, -0.2) is 5.11 Å². The highest BCUT2D eigenvalue weighted by molar-refractivity contribution is 5.31. The highest BCUT2D eigenvalue weighted by Gasteiger charge is 2.35. The standard InChI is InChI=1S/C10H8F4O/c1-2-8(15)6-4-3-5-7(9(6)11)10(12,13)14/h2-5,8,15H,1H2. The molecule has 5 heteroatoms. The highest BCUT2D eigenvalue weighted by atomic mass is 19.4. The lowest BCUT2D eigenvalue weighted by Crippen LogP contribution is -2.11. The molecule has 1 unspecified atom stereocenters. The zero-order chi connectivity index (χ0) is 11.6. The topological polar surface area (TPSA) is 20.2 Å². The molecule has 0 saturated heterocycles. The molecule has 0 aliphatic carbocycles. The van der Waals surface area contributed by atoms with Crippen LogP contribution in [0.4, 0.5) is 17.6 Å². The summed E-state index contributed by atoms with van der Waals surface area (Å²) in [6, 6.07) is 2.74. The van der Waals surface area contributed by atoms with Gasteiger partial charge in [-0.2, -0.15) is 13.2 Å². The fourth-order valence-corrected chi connectivity index (χ4v) is 1.12. The highest BCUT2D eigenvalue weighted by Crippen LogP contribution is 2.33. The van der Waals surface area contributed by atoms with Crippen LogP contribution in [0.5, 0.6) is 0 Å². The first kappa shape index (κ1) is 11.7. The van der Waals surface area contributed by atoms with Crippen molar-refractivity contribution in [3.63, 3.8) is 0 Å². The van der Waals surface area contributed by atoms with Gasteiger partial charge in [0.15, 0.2) is 0 Å². The number of hydrogen-bond acceptors (Lipinski definition) is 1. The van der Waals surface area contributed by atoms with E-state index in [9.17, 15) is 22.7 Å². The Bertz CT molecular complexity index is 370. The second kappa shape index (κ2) is 4.02. The van der Waals surface area contributed by atoms with E-state index in [1.54, 1.807) is 0 Å². The average molecular weight is 220 g/mol. The molecule has 1 nitrogen and oxygen atoms in total. The van der Waals surface area contributed by atoms with Gasteiger partial charge >= 0.3 is 6.18 Å². The third-order valence-electron chi connectivity index (χ3n) is 1.88. The molecule has 82 valence electrons. The Balaban J connectivity index is 3.29. The summed E-state index contributed by atoms with van der Waals surface area (Å²) in [6.45, 7) is 3.17. The summed E-state index contributed by atoms with van der Waals surface area (Å²) in [5.41, 5.74) is -1.82. The molecule has 1 aromatic rings. The first-order valence-corrected chi connectivity index (χ1v) is 4.04. The van der Waals surface area contributed by atoms with E-state index in [1.165, 1.54) is 0 Å². The van der Waals surface area contributed by atoms with Gasteiger partial charge in [0, 0.05) is 5.56 Å². The maximum atomic E-state index is 13.3. The van der Waals surface area contributed by atoms with Crippen molar-refractivity contribution in [1.82, 2.24) is 0 Å². The van der Waals surface area contributed by atoms with Crippen molar-refractivity contribution in [3.05, 3.63) is 47.8 Å². The van der Waals surface area contributed by atoms with Crippen molar-refractivity contribution >= 4 is 0 Å². The van der Waals surface area contributed by atoms with Crippen LogP contribution in [0.1, 0.15) is 17.2 Å². The maximum Gasteiger partial charge on any atom is 0.419 e. The van der Waals surface area contributed by atoms with Crippen molar-refractivity contribution in [3.8, 4) is 0 Å². The first-order chi connectivity index (χ1) is 6.88. The van der Waals surface area contributed by atoms with Crippen molar-refractivity contribution in [2.45, 2.75) is 12.3 Å². The second-order valence-electron chi connectivity index (χ2n) is 2.89. The number of aliphatic hydroxyl groups is 1. The summed E-state index contributed by atoms with van der Waals surface area (Å²) in [7, 11) is 0. The third kappa shape index (κ3) is 2.36. The van der Waals surface area contributed by atoms with Gasteiger partial charge < -0.3 is 5.11 Å². The molecular formula is C10H8F4O. The Morgan fingerprint density at radius 3 is 2.40 bits per heavy atom. The SMILES string of the molecule is C=CC(O)c1cccc(C(F)(F)F)c1F. The number of halogens is 4. The van der Waals surface area contributed by atoms with Crippen LogP contribution in [0, 0.1) is 5.82 Å². The maximum absolute atomic E-state index is 13.3. The third-order valence-corrected chi connectivity index (χ3v) is 1.88. The lowest BCUT2D eigenvalue weighted by Gasteiger charge is -2.12. The molecule has 1 aromatic carbocycles. The van der Waals surface area contributed by atoms with Crippen LogP contribution in [0.25, 0.3) is 0 Å². The molecule has 1 atom stereocenters. The Labute approximate surface area is 83.7 Å². The van der Waals surface area contributed by atoms with E-state index in [-0.39, 0.29) is 0 Å². The molecule has 0 saturated carbocycles. The van der Waals surface area contributed by atoms with Gasteiger partial charge in [-0.1, -0.05) is 18.2 Å². The largest absolute Gasteiger partial charge is 0.419 e. The summed E-state index contributed by atoms with van der Waals surface area (Å²) in [6.07, 6.45) is -5.24. The van der Waals surface area contributed by atoms with E-state index >= 15 is 0 Å². The van der Waals surface area contributed by atoms with Crippen LogP contribution >= 0.6 is 0 Å². The first-order valence-electron chi connectivity index (χ1n) is 4.04. The number of aliphatic hydroxyl groups excluding tert-OH is 1. The molecule has 0 fully saturated rings. The molecule has 0 radical (unpaired) electrons. The van der Waals surface area contributed by atoms with Gasteiger partial charge in [0.25, 0.3) is 0 Å². The molecule has 0 bridgehead atoms. The molecular weight excluding hydrogens is 212 g/mol. The normalized spacial score (nSPS) is 13.7. The predicted molar refractivity (Wildman–Crippen MR) is 46.6 cm³/mol. The number of hydrogen-bond donors (Lipinski definition) is 1. The van der Waals surface area contributed by atoms with Crippen LogP contribution < -0.4 is 0 Å². The second-order valence-corrected chi connectivity index (χ2v) is 2.89. The van der Waals surface area contributed by atoms with Crippen LogP contribution in [0.15, 0.2) is 30.9 Å². The fraction of sp³-hybridized carbons (Fsp3) is 0.200. The fourth-order valence-electron chi connectivity index (χ4n) is 1.12. The molecule has 1 rings (SSSR count). The molecule has 1 N–H and O–H groups in total. The van der Waals surface area contributed by atoms with E-state index in [2.05, 4.69) is 6.58 Å². The minimum atomic E-state index is -4.76. The van der Waals surface area contributed by atoms with Gasteiger partial charge in [-0.05, 0) is 6.07 Å². The Hall–Kier alpha value is -1.36. The van der Waals surface area contributed by atoms with Crippen molar-refractivity contribution in [2.75, 3.05) is 0 Å². The van der Waals surface area contributed by atoms with E-state index < -0.39 is 29.2 Å². The summed E-state index contributed by atoms with van der Waals surface area (Å²) in [5.74, 6) is -1.46. The summed E-state index contributed by atoms with van der Waals surface area (Å²) >= 11 is 0. The average Bonchev–Trinajstić information content (AvgIpc) is 2.15. The summed E-state index contributed by atoms with van der Waals surface area (Å²) in [4.78, 5) is 0. The minimum absolute atomic E-state index is 0.431. The lowest BCUT2D eigenvalue weighted by molar-refractivity contribution is -0.140. The minimum Gasteiger partial charge on any atom is -0.384 e. The Morgan fingerprint density at radius 1 is 1.33 bits per heavy atom. The monoisotopic (exact) mass is 220 g/mol. The molecule has 0 aliphatic heterocycles. The lowest BCUT2D eigenvalue weighted by atomic mass is 10.0. The van der Waals surface area contributed by atoms with Crippen molar-refractivity contribution in [2.24, 2.45) is 0 Å². The van der Waals surface area contributed by atoms with E-state index in [0.29, 0.717) is 6.07 Å². The molecule has 0 aliphatic rings. The zero-order valence-corrected chi connectivity index (χ0v) is 7.55. The Kier molecular flexibility index (Phi) is 3.14. The quantitative estimate of drug-likeness (QED) is 0.599. The predicted octanol–water partition coefficient (Wildman–Crippen LogP) is 3.06. The van der Waals surface area contributed by atoms with Crippen LogP contribution in [0.2, 0.25) is 0 Å². The van der Waals surface area contributed by atoms with Gasteiger partial charge in [-0.15, -0.1) is 6.58 Å². The van der Waals surface area contributed by atoms with Gasteiger partial charge in [0.2, 0.25) is 0 Å². The molecule has 0 heterocycles. The number of benzene rings is 1. The molecule has 0 amide bonds. The smallest absolute Gasteiger partial charge is 0.384 e. The Morgan fingerprint density at radius 2 is 1.93 bits per heavy atom. The zero-order valence-electron chi connectivity index (χ0n) is 7.55. The van der Waals surface area contributed by atoms with Crippen molar-refractivity contribution in [1.29, 1.82) is 0 Å². The van der Waals surface area contributed by atoms with Gasteiger partial charge in [-0.3, -0.25) is 0 Å². The molecule has 15 heavy (non-hydrogen) atoms. The molecule has 0 aromatic heterocycles. The van der Waals surface area contributed by atoms with Crippen LogP contribution in [0.3, 0.4) is 0 Å². The van der Waals surface area contributed by atoms with Gasteiger partial charge in [-0.25, -0.2) is 4.39 Å². The molecule has 0 spiro atoms. The van der Waals surface area contributed by atoms with E-state index in [0.717, 1.165) is 18.2 Å². The van der Waals surface area contributed by atoms with E-state index in [1.807, 2.05) is 0 Å². The van der Waals surface area contributed by atoms with Gasteiger partial charge in [0.1, 0.15) is 5.82 Å². The number of rotatable bonds is 2. The number of alkyl halides is 3. The summed E-state index contributed by atoms with van der Waals surface area (Å²) < 4.78 is 50.0. The van der Waals surface area contributed by atoms with E-state index in [4.69, 9.17) is 0 Å².